The molecule has 17 heavy (non-hydrogen) atoms. The Hall–Kier alpha value is -0.830. The molecule has 1 rings (SSSR count). The summed E-state index contributed by atoms with van der Waals surface area (Å²) in [5, 5.41) is 3.52. The molecular weight excluding hydrogens is 210 g/mol. The van der Waals surface area contributed by atoms with Gasteiger partial charge in [-0.1, -0.05) is 6.92 Å². The van der Waals surface area contributed by atoms with Gasteiger partial charge in [0.25, 0.3) is 0 Å². The zero-order valence-electron chi connectivity index (χ0n) is 11.8. The van der Waals surface area contributed by atoms with Gasteiger partial charge in [0.1, 0.15) is 5.82 Å². The lowest BCUT2D eigenvalue weighted by Crippen LogP contribution is -2.36. The smallest absolute Gasteiger partial charge is 0.108 e. The van der Waals surface area contributed by atoms with Crippen molar-refractivity contribution in [1.29, 1.82) is 0 Å². The van der Waals surface area contributed by atoms with Crippen molar-refractivity contribution in [3.05, 3.63) is 18.2 Å². The van der Waals surface area contributed by atoms with Crippen molar-refractivity contribution in [2.24, 2.45) is 0 Å². The minimum absolute atomic E-state index is 0.238. The predicted octanol–water partition coefficient (Wildman–Crippen LogP) is 3.00. The monoisotopic (exact) mass is 237 g/mol. The van der Waals surface area contributed by atoms with E-state index >= 15 is 0 Å². The third-order valence-corrected chi connectivity index (χ3v) is 2.76. The fourth-order valence-corrected chi connectivity index (χ4v) is 1.87. The van der Waals surface area contributed by atoms with Crippen LogP contribution in [0.5, 0.6) is 0 Å². The van der Waals surface area contributed by atoms with Gasteiger partial charge in [-0.2, -0.15) is 0 Å². The Balaban J connectivity index is 2.20. The van der Waals surface area contributed by atoms with Gasteiger partial charge < -0.3 is 9.88 Å². The number of hydrogen-bond acceptors (Lipinski definition) is 2. The molecule has 0 aliphatic heterocycles. The number of rotatable bonds is 7. The Kier molecular flexibility index (Phi) is 5.69. The normalized spacial score (nSPS) is 12.0. The second-order valence-electron chi connectivity index (χ2n) is 5.67. The van der Waals surface area contributed by atoms with Crippen LogP contribution in [-0.2, 0) is 13.0 Å². The Morgan fingerprint density at radius 2 is 2.06 bits per heavy atom. The van der Waals surface area contributed by atoms with E-state index in [1.165, 1.54) is 25.1 Å². The van der Waals surface area contributed by atoms with Crippen LogP contribution < -0.4 is 5.32 Å². The van der Waals surface area contributed by atoms with Crippen LogP contribution >= 0.6 is 0 Å². The molecule has 0 saturated heterocycles. The van der Waals surface area contributed by atoms with Crippen molar-refractivity contribution in [1.82, 2.24) is 14.9 Å². The molecule has 0 radical (unpaired) electrons. The number of unbranched alkanes of at least 4 members (excludes halogenated alkanes) is 1. The Labute approximate surface area is 106 Å². The van der Waals surface area contributed by atoms with E-state index in [1.807, 2.05) is 6.20 Å². The van der Waals surface area contributed by atoms with E-state index in [0.29, 0.717) is 0 Å². The first-order valence-electron chi connectivity index (χ1n) is 6.78. The summed E-state index contributed by atoms with van der Waals surface area (Å²) < 4.78 is 2.29. The molecule has 0 aliphatic carbocycles. The highest BCUT2D eigenvalue weighted by atomic mass is 15.1. The summed E-state index contributed by atoms with van der Waals surface area (Å²) in [6.45, 7) is 11.0. The molecule has 1 heterocycles. The summed E-state index contributed by atoms with van der Waals surface area (Å²) in [7, 11) is 0. The maximum Gasteiger partial charge on any atom is 0.108 e. The van der Waals surface area contributed by atoms with Crippen LogP contribution in [0.1, 0.15) is 52.8 Å². The summed E-state index contributed by atoms with van der Waals surface area (Å²) in [5.41, 5.74) is 0.238. The van der Waals surface area contributed by atoms with E-state index in [2.05, 4.69) is 48.8 Å². The highest BCUT2D eigenvalue weighted by Crippen LogP contribution is 2.04. The first-order chi connectivity index (χ1) is 8.03. The van der Waals surface area contributed by atoms with Gasteiger partial charge in [0.2, 0.25) is 0 Å². The average Bonchev–Trinajstić information content (AvgIpc) is 2.64. The number of nitrogens with zero attached hydrogens (tertiary/aromatic N) is 2. The molecule has 0 atom stereocenters. The third-order valence-electron chi connectivity index (χ3n) is 2.76. The zero-order valence-corrected chi connectivity index (χ0v) is 11.8. The molecule has 0 aromatic carbocycles. The molecule has 1 aromatic heterocycles. The summed E-state index contributed by atoms with van der Waals surface area (Å²) in [6, 6.07) is 0. The van der Waals surface area contributed by atoms with Crippen LogP contribution in [0.25, 0.3) is 0 Å². The van der Waals surface area contributed by atoms with Crippen molar-refractivity contribution in [3.8, 4) is 0 Å². The minimum atomic E-state index is 0.238. The maximum atomic E-state index is 4.39. The van der Waals surface area contributed by atoms with Gasteiger partial charge in [-0.15, -0.1) is 0 Å². The van der Waals surface area contributed by atoms with Crippen LogP contribution in [-0.4, -0.2) is 21.6 Å². The molecule has 0 fully saturated rings. The van der Waals surface area contributed by atoms with E-state index < -0.39 is 0 Å². The van der Waals surface area contributed by atoms with Crippen molar-refractivity contribution in [3.63, 3.8) is 0 Å². The molecule has 0 bridgehead atoms. The van der Waals surface area contributed by atoms with Crippen LogP contribution in [0.3, 0.4) is 0 Å². The lowest BCUT2D eigenvalue weighted by molar-refractivity contribution is 0.413. The molecule has 1 N–H and O–H groups in total. The van der Waals surface area contributed by atoms with Gasteiger partial charge >= 0.3 is 0 Å². The number of imidazole rings is 1. The highest BCUT2D eigenvalue weighted by molar-refractivity contribution is 4.92. The van der Waals surface area contributed by atoms with Crippen molar-refractivity contribution in [2.45, 2.75) is 65.5 Å². The maximum absolute atomic E-state index is 4.39. The minimum Gasteiger partial charge on any atom is -0.335 e. The van der Waals surface area contributed by atoms with Gasteiger partial charge in [-0.3, -0.25) is 0 Å². The molecule has 0 saturated carbocycles. The number of aryl methyl sites for hydroxylation is 2. The lowest BCUT2D eigenvalue weighted by Gasteiger charge is -2.20. The summed E-state index contributed by atoms with van der Waals surface area (Å²) in [5.74, 6) is 1.23. The average molecular weight is 237 g/mol. The second-order valence-corrected chi connectivity index (χ2v) is 5.67. The van der Waals surface area contributed by atoms with E-state index in [1.54, 1.807) is 0 Å². The SMILES string of the molecule is CCCc1nccn1CCCCNC(C)(C)C. The molecule has 0 amide bonds. The van der Waals surface area contributed by atoms with Crippen molar-refractivity contribution < 1.29 is 0 Å². The van der Waals surface area contributed by atoms with Gasteiger partial charge in [0, 0.05) is 30.9 Å². The predicted molar refractivity (Wildman–Crippen MR) is 73.2 cm³/mol. The molecule has 3 heteroatoms. The quantitative estimate of drug-likeness (QED) is 0.739. The fraction of sp³-hybridized carbons (Fsp3) is 0.786. The van der Waals surface area contributed by atoms with Gasteiger partial charge in [-0.25, -0.2) is 4.98 Å². The van der Waals surface area contributed by atoms with Gasteiger partial charge in [-0.05, 0) is 46.6 Å². The Bertz CT molecular complexity index is 310. The van der Waals surface area contributed by atoms with Crippen molar-refractivity contribution >= 4 is 0 Å². The highest BCUT2D eigenvalue weighted by Gasteiger charge is 2.07. The molecular formula is C14H27N3. The first kappa shape index (κ1) is 14.2. The van der Waals surface area contributed by atoms with E-state index in [9.17, 15) is 0 Å². The van der Waals surface area contributed by atoms with Gasteiger partial charge in [0.15, 0.2) is 0 Å². The van der Waals surface area contributed by atoms with Crippen LogP contribution in [0.4, 0.5) is 0 Å². The van der Waals surface area contributed by atoms with E-state index in [-0.39, 0.29) is 5.54 Å². The Morgan fingerprint density at radius 3 is 2.71 bits per heavy atom. The lowest BCUT2D eigenvalue weighted by atomic mass is 10.1. The van der Waals surface area contributed by atoms with E-state index in [0.717, 1.165) is 19.5 Å². The van der Waals surface area contributed by atoms with Crippen molar-refractivity contribution in [2.75, 3.05) is 6.54 Å². The van der Waals surface area contributed by atoms with Crippen LogP contribution in [0.2, 0.25) is 0 Å². The molecule has 1 aromatic rings. The van der Waals surface area contributed by atoms with E-state index in [4.69, 9.17) is 0 Å². The second kappa shape index (κ2) is 6.80. The van der Waals surface area contributed by atoms with Crippen LogP contribution in [0.15, 0.2) is 12.4 Å². The largest absolute Gasteiger partial charge is 0.335 e. The van der Waals surface area contributed by atoms with Gasteiger partial charge in [0.05, 0.1) is 0 Å². The molecule has 3 nitrogen and oxygen atoms in total. The summed E-state index contributed by atoms with van der Waals surface area (Å²) in [6.07, 6.45) is 8.72. The summed E-state index contributed by atoms with van der Waals surface area (Å²) >= 11 is 0. The van der Waals surface area contributed by atoms with Crippen LogP contribution in [0, 0.1) is 0 Å². The first-order valence-corrected chi connectivity index (χ1v) is 6.78. The molecule has 0 spiro atoms. The zero-order chi connectivity index (χ0) is 12.7. The topological polar surface area (TPSA) is 29.9 Å². The third kappa shape index (κ3) is 5.87. The number of aromatic nitrogens is 2. The standard InChI is InChI=1S/C14H27N3/c1-5-8-13-15-10-12-17(13)11-7-6-9-16-14(2,3)4/h10,12,16H,5-9,11H2,1-4H3. The number of hydrogen-bond donors (Lipinski definition) is 1. The number of nitrogens with one attached hydrogen (secondary N) is 1. The molecule has 0 unspecified atom stereocenters. The molecule has 98 valence electrons. The fourth-order valence-electron chi connectivity index (χ4n) is 1.87. The summed E-state index contributed by atoms with van der Waals surface area (Å²) in [4.78, 5) is 4.39. The molecule has 0 aliphatic rings. The Morgan fingerprint density at radius 1 is 1.29 bits per heavy atom.